The molecule has 0 aliphatic heterocycles. The van der Waals surface area contributed by atoms with Gasteiger partial charge in [-0.3, -0.25) is 4.90 Å². The van der Waals surface area contributed by atoms with Gasteiger partial charge in [0.05, 0.1) is 0 Å². The van der Waals surface area contributed by atoms with Gasteiger partial charge in [-0.1, -0.05) is 50.2 Å². The first-order valence-electron chi connectivity index (χ1n) is 7.29. The second-order valence-corrected chi connectivity index (χ2v) is 5.14. The highest BCUT2D eigenvalue weighted by Crippen LogP contribution is 2.15. The van der Waals surface area contributed by atoms with Crippen molar-refractivity contribution in [2.75, 3.05) is 6.54 Å². The molecule has 2 rings (SSSR count). The molecule has 0 atom stereocenters. The minimum absolute atomic E-state index is 0.339. The van der Waals surface area contributed by atoms with Crippen LogP contribution >= 0.6 is 0 Å². The summed E-state index contributed by atoms with van der Waals surface area (Å²) in [5.41, 5.74) is 3.87. The van der Waals surface area contributed by atoms with Gasteiger partial charge in [-0.25, -0.2) is 0 Å². The number of benzene rings is 2. The van der Waals surface area contributed by atoms with Crippen LogP contribution in [0.3, 0.4) is 0 Å². The fourth-order valence-corrected chi connectivity index (χ4v) is 2.33. The Bertz CT molecular complexity index is 533. The van der Waals surface area contributed by atoms with Crippen molar-refractivity contribution in [3.05, 3.63) is 65.2 Å². The number of hydrogen-bond acceptors (Lipinski definition) is 2. The molecular formula is C18H23NO. The fourth-order valence-electron chi connectivity index (χ4n) is 2.33. The van der Waals surface area contributed by atoms with Gasteiger partial charge in [0.2, 0.25) is 0 Å². The first-order valence-corrected chi connectivity index (χ1v) is 7.29. The van der Waals surface area contributed by atoms with E-state index in [0.29, 0.717) is 5.75 Å². The molecule has 0 heterocycles. The van der Waals surface area contributed by atoms with E-state index in [1.807, 2.05) is 12.1 Å². The lowest BCUT2D eigenvalue weighted by Gasteiger charge is -2.21. The third-order valence-corrected chi connectivity index (χ3v) is 3.60. The molecule has 0 amide bonds. The highest BCUT2D eigenvalue weighted by Gasteiger charge is 2.05. The lowest BCUT2D eigenvalue weighted by molar-refractivity contribution is 0.271. The maximum absolute atomic E-state index is 9.53. The third-order valence-electron chi connectivity index (χ3n) is 3.60. The lowest BCUT2D eigenvalue weighted by Crippen LogP contribution is -2.22. The van der Waals surface area contributed by atoms with Crippen LogP contribution in [0.15, 0.2) is 48.5 Å². The molecule has 0 aliphatic rings. The van der Waals surface area contributed by atoms with Crippen LogP contribution in [0, 0.1) is 0 Å². The maximum Gasteiger partial charge on any atom is 0.115 e. The number of phenols is 1. The van der Waals surface area contributed by atoms with Gasteiger partial charge in [0.15, 0.2) is 0 Å². The van der Waals surface area contributed by atoms with Gasteiger partial charge in [-0.15, -0.1) is 0 Å². The van der Waals surface area contributed by atoms with E-state index in [2.05, 4.69) is 49.1 Å². The molecule has 2 nitrogen and oxygen atoms in total. The standard InChI is InChI=1S/C18H23NO/c1-3-15-8-10-16(11-9-15)13-19(4-2)14-17-6-5-7-18(20)12-17/h5-12,20H,3-4,13-14H2,1-2H3. The predicted molar refractivity (Wildman–Crippen MR) is 83.7 cm³/mol. The van der Waals surface area contributed by atoms with Crippen molar-refractivity contribution >= 4 is 0 Å². The van der Waals surface area contributed by atoms with E-state index in [1.54, 1.807) is 6.07 Å². The maximum atomic E-state index is 9.53. The van der Waals surface area contributed by atoms with Gasteiger partial charge in [0.25, 0.3) is 0 Å². The van der Waals surface area contributed by atoms with Crippen molar-refractivity contribution in [1.82, 2.24) is 4.90 Å². The van der Waals surface area contributed by atoms with Crippen LogP contribution in [0.5, 0.6) is 5.75 Å². The summed E-state index contributed by atoms with van der Waals surface area (Å²) in [5.74, 6) is 0.339. The number of aryl methyl sites for hydroxylation is 1. The number of rotatable bonds is 6. The van der Waals surface area contributed by atoms with E-state index in [9.17, 15) is 5.11 Å². The molecule has 0 saturated heterocycles. The molecule has 0 saturated carbocycles. The Morgan fingerprint density at radius 2 is 1.50 bits per heavy atom. The zero-order valence-corrected chi connectivity index (χ0v) is 12.3. The fraction of sp³-hybridized carbons (Fsp3) is 0.333. The molecule has 0 radical (unpaired) electrons. The van der Waals surface area contributed by atoms with E-state index in [-0.39, 0.29) is 0 Å². The lowest BCUT2D eigenvalue weighted by atomic mass is 10.1. The molecule has 106 valence electrons. The normalized spacial score (nSPS) is 10.9. The SMILES string of the molecule is CCc1ccc(CN(CC)Cc2cccc(O)c2)cc1. The number of phenolic OH excluding ortho intramolecular Hbond substituents is 1. The van der Waals surface area contributed by atoms with Gasteiger partial charge >= 0.3 is 0 Å². The topological polar surface area (TPSA) is 23.5 Å². The predicted octanol–water partition coefficient (Wildman–Crippen LogP) is 3.98. The van der Waals surface area contributed by atoms with E-state index in [0.717, 1.165) is 31.6 Å². The quantitative estimate of drug-likeness (QED) is 0.857. The summed E-state index contributed by atoms with van der Waals surface area (Å²) in [6.07, 6.45) is 1.08. The molecule has 2 heteroatoms. The molecule has 2 aromatic carbocycles. The largest absolute Gasteiger partial charge is 0.508 e. The molecule has 2 aromatic rings. The van der Waals surface area contributed by atoms with Crippen molar-refractivity contribution < 1.29 is 5.11 Å². The van der Waals surface area contributed by atoms with Crippen molar-refractivity contribution in [3.8, 4) is 5.75 Å². The molecule has 0 aromatic heterocycles. The van der Waals surface area contributed by atoms with Crippen LogP contribution in [-0.4, -0.2) is 16.6 Å². The summed E-state index contributed by atoms with van der Waals surface area (Å²) in [7, 11) is 0. The Morgan fingerprint density at radius 3 is 2.10 bits per heavy atom. The average molecular weight is 269 g/mol. The minimum atomic E-state index is 0.339. The van der Waals surface area contributed by atoms with Crippen molar-refractivity contribution in [1.29, 1.82) is 0 Å². The first kappa shape index (κ1) is 14.6. The number of hydrogen-bond donors (Lipinski definition) is 1. The second-order valence-electron chi connectivity index (χ2n) is 5.14. The molecule has 0 fully saturated rings. The molecule has 0 aliphatic carbocycles. The van der Waals surface area contributed by atoms with Crippen molar-refractivity contribution in [2.24, 2.45) is 0 Å². The van der Waals surface area contributed by atoms with E-state index >= 15 is 0 Å². The first-order chi connectivity index (χ1) is 9.71. The molecule has 0 unspecified atom stereocenters. The van der Waals surface area contributed by atoms with Crippen molar-refractivity contribution in [3.63, 3.8) is 0 Å². The summed E-state index contributed by atoms with van der Waals surface area (Å²) < 4.78 is 0. The smallest absolute Gasteiger partial charge is 0.115 e. The Balaban J connectivity index is 2.01. The Morgan fingerprint density at radius 1 is 0.850 bits per heavy atom. The van der Waals surface area contributed by atoms with Gasteiger partial charge in [0.1, 0.15) is 5.75 Å². The monoisotopic (exact) mass is 269 g/mol. The Kier molecular flexibility index (Phi) is 5.19. The zero-order valence-electron chi connectivity index (χ0n) is 12.3. The number of aromatic hydroxyl groups is 1. The van der Waals surface area contributed by atoms with Crippen LogP contribution in [0.4, 0.5) is 0 Å². The van der Waals surface area contributed by atoms with Gasteiger partial charge < -0.3 is 5.11 Å². The third kappa shape index (κ3) is 4.10. The minimum Gasteiger partial charge on any atom is -0.508 e. The van der Waals surface area contributed by atoms with Crippen LogP contribution in [0.1, 0.15) is 30.5 Å². The van der Waals surface area contributed by atoms with E-state index < -0.39 is 0 Å². The molecule has 0 spiro atoms. The summed E-state index contributed by atoms with van der Waals surface area (Å²) in [6, 6.07) is 16.3. The van der Waals surface area contributed by atoms with E-state index in [4.69, 9.17) is 0 Å². The van der Waals surface area contributed by atoms with Crippen LogP contribution in [-0.2, 0) is 19.5 Å². The summed E-state index contributed by atoms with van der Waals surface area (Å²) in [6.45, 7) is 7.14. The second kappa shape index (κ2) is 7.11. The van der Waals surface area contributed by atoms with Crippen LogP contribution in [0.25, 0.3) is 0 Å². The van der Waals surface area contributed by atoms with Crippen molar-refractivity contribution in [2.45, 2.75) is 33.4 Å². The molecule has 20 heavy (non-hydrogen) atoms. The summed E-state index contributed by atoms with van der Waals surface area (Å²) in [5, 5.41) is 9.53. The molecular weight excluding hydrogens is 246 g/mol. The highest BCUT2D eigenvalue weighted by atomic mass is 16.3. The highest BCUT2D eigenvalue weighted by molar-refractivity contribution is 5.27. The Hall–Kier alpha value is -1.80. The van der Waals surface area contributed by atoms with Crippen LogP contribution < -0.4 is 0 Å². The Labute approximate surface area is 121 Å². The summed E-state index contributed by atoms with van der Waals surface area (Å²) >= 11 is 0. The average Bonchev–Trinajstić information content (AvgIpc) is 2.47. The molecule has 1 N–H and O–H groups in total. The van der Waals surface area contributed by atoms with Crippen LogP contribution in [0.2, 0.25) is 0 Å². The van der Waals surface area contributed by atoms with Gasteiger partial charge in [-0.05, 0) is 41.8 Å². The van der Waals surface area contributed by atoms with Gasteiger partial charge in [0, 0.05) is 13.1 Å². The molecule has 0 bridgehead atoms. The van der Waals surface area contributed by atoms with Gasteiger partial charge in [-0.2, -0.15) is 0 Å². The van der Waals surface area contributed by atoms with E-state index in [1.165, 1.54) is 11.1 Å². The summed E-state index contributed by atoms with van der Waals surface area (Å²) in [4.78, 5) is 2.37. The zero-order chi connectivity index (χ0) is 14.4. The number of nitrogens with zero attached hydrogens (tertiary/aromatic N) is 1.